The molecule has 0 fully saturated rings. The Hall–Kier alpha value is 0.217. The number of rotatable bonds is 12. The summed E-state index contributed by atoms with van der Waals surface area (Å²) in [6.45, 7) is 16.9. The van der Waals surface area contributed by atoms with Crippen LogP contribution in [0.1, 0.15) is 80.1 Å². The number of hydrogen-bond donors (Lipinski definition) is 0. The van der Waals surface area contributed by atoms with Gasteiger partial charge in [0.1, 0.15) is 0 Å². The van der Waals surface area contributed by atoms with Crippen molar-refractivity contribution < 1.29 is 0 Å². The van der Waals surface area contributed by atoms with Gasteiger partial charge in [-0.05, 0) is 17.8 Å². The molecular weight excluding hydrogens is 256 g/mol. The first-order valence-corrected chi connectivity index (χ1v) is 12.4. The molecule has 0 aromatic rings. The molecule has 0 aliphatic heterocycles. The van der Waals surface area contributed by atoms with E-state index in [2.05, 4.69) is 48.1 Å². The third-order valence-corrected chi connectivity index (χ3v) is 9.37. The van der Waals surface area contributed by atoms with Gasteiger partial charge in [0, 0.05) is 0 Å². The van der Waals surface area contributed by atoms with E-state index in [1.165, 1.54) is 38.5 Å². The highest BCUT2D eigenvalue weighted by molar-refractivity contribution is 6.78. The van der Waals surface area contributed by atoms with Crippen LogP contribution in [0.3, 0.4) is 0 Å². The molecule has 0 saturated heterocycles. The second-order valence-electron chi connectivity index (χ2n) is 8.67. The molecule has 0 rings (SSSR count). The van der Waals surface area contributed by atoms with Crippen LogP contribution in [0.15, 0.2) is 0 Å². The van der Waals surface area contributed by atoms with Crippen molar-refractivity contribution in [3.63, 3.8) is 0 Å². The van der Waals surface area contributed by atoms with Gasteiger partial charge < -0.3 is 0 Å². The van der Waals surface area contributed by atoms with E-state index in [9.17, 15) is 0 Å². The van der Waals surface area contributed by atoms with E-state index in [4.69, 9.17) is 0 Å². The molecule has 1 heteroatoms. The Morgan fingerprint density at radius 2 is 0.800 bits per heavy atom. The first-order valence-electron chi connectivity index (χ1n) is 9.25. The van der Waals surface area contributed by atoms with E-state index in [1.54, 1.807) is 18.1 Å². The molecule has 0 nitrogen and oxygen atoms in total. The predicted octanol–water partition coefficient (Wildman–Crippen LogP) is 7.37. The maximum atomic E-state index is 2.70. The lowest BCUT2D eigenvalue weighted by Crippen LogP contribution is -2.29. The van der Waals surface area contributed by atoms with Crippen molar-refractivity contribution in [2.45, 2.75) is 105 Å². The zero-order valence-electron chi connectivity index (χ0n) is 15.6. The fraction of sp³-hybridized carbons (Fsp3) is 1.00. The molecule has 0 amide bonds. The first kappa shape index (κ1) is 20.2. The van der Waals surface area contributed by atoms with Crippen LogP contribution in [0.2, 0.25) is 24.7 Å². The summed E-state index contributed by atoms with van der Waals surface area (Å²) in [4.78, 5) is 0. The molecule has 0 bridgehead atoms. The van der Waals surface area contributed by atoms with Crippen molar-refractivity contribution in [3.8, 4) is 0 Å². The molecule has 0 aliphatic carbocycles. The Bertz CT molecular complexity index is 182. The molecule has 0 aromatic carbocycles. The second kappa shape index (κ2) is 10.9. The molecule has 20 heavy (non-hydrogen) atoms. The lowest BCUT2D eigenvalue weighted by atomic mass is 10.1. The van der Waals surface area contributed by atoms with E-state index in [0.717, 1.165) is 17.8 Å². The molecule has 0 aliphatic rings. The van der Waals surface area contributed by atoms with Crippen LogP contribution in [0.25, 0.3) is 0 Å². The highest BCUT2D eigenvalue weighted by Crippen LogP contribution is 2.30. The summed E-state index contributed by atoms with van der Waals surface area (Å²) >= 11 is 0. The third-order valence-electron chi connectivity index (χ3n) is 4.69. The van der Waals surface area contributed by atoms with Gasteiger partial charge in [0.2, 0.25) is 0 Å². The van der Waals surface area contributed by atoms with Gasteiger partial charge in [0.05, 0.1) is 8.07 Å². The topological polar surface area (TPSA) is 0 Å². The smallest absolute Gasteiger partial charge is 0.0504 e. The Balaban J connectivity index is 4.18. The lowest BCUT2D eigenvalue weighted by molar-refractivity contribution is 0.555. The van der Waals surface area contributed by atoms with Gasteiger partial charge in [-0.2, -0.15) is 0 Å². The predicted molar refractivity (Wildman–Crippen MR) is 98.3 cm³/mol. The molecule has 0 N–H and O–H groups in total. The Labute approximate surface area is 131 Å². The van der Waals surface area contributed by atoms with Crippen molar-refractivity contribution in [3.05, 3.63) is 0 Å². The summed E-state index contributed by atoms with van der Waals surface area (Å²) in [7, 11) is -0.950. The molecule has 0 saturated carbocycles. The summed E-state index contributed by atoms with van der Waals surface area (Å²) in [6.07, 6.45) is 8.79. The largest absolute Gasteiger partial charge is 0.0691 e. The van der Waals surface area contributed by atoms with Gasteiger partial charge in [-0.25, -0.2) is 0 Å². The summed E-state index contributed by atoms with van der Waals surface area (Å²) in [5.74, 6) is 2.67. The van der Waals surface area contributed by atoms with E-state index in [-0.39, 0.29) is 0 Å². The van der Waals surface area contributed by atoms with E-state index < -0.39 is 8.07 Å². The van der Waals surface area contributed by atoms with Gasteiger partial charge in [0.25, 0.3) is 0 Å². The van der Waals surface area contributed by atoms with Gasteiger partial charge >= 0.3 is 0 Å². The van der Waals surface area contributed by atoms with Gasteiger partial charge in [-0.15, -0.1) is 0 Å². The third kappa shape index (κ3) is 12.0. The highest BCUT2D eigenvalue weighted by atomic mass is 28.3. The summed E-state index contributed by atoms with van der Waals surface area (Å²) in [5.41, 5.74) is 0. The minimum atomic E-state index is -0.950. The monoisotopic (exact) mass is 298 g/mol. The zero-order valence-corrected chi connectivity index (χ0v) is 16.6. The molecule has 0 atom stereocenters. The van der Waals surface area contributed by atoms with Crippen molar-refractivity contribution in [1.29, 1.82) is 0 Å². The summed E-state index contributed by atoms with van der Waals surface area (Å²) in [5, 5.41) is 0. The van der Waals surface area contributed by atoms with Crippen LogP contribution in [0.4, 0.5) is 0 Å². The van der Waals surface area contributed by atoms with E-state index in [1.807, 2.05) is 0 Å². The summed E-state index contributed by atoms with van der Waals surface area (Å²) in [6, 6.07) is 4.75. The van der Waals surface area contributed by atoms with Crippen LogP contribution in [0.5, 0.6) is 0 Å². The van der Waals surface area contributed by atoms with Gasteiger partial charge in [0.15, 0.2) is 0 Å². The van der Waals surface area contributed by atoms with Crippen LogP contribution >= 0.6 is 0 Å². The molecule has 0 aromatic heterocycles. The Kier molecular flexibility index (Phi) is 11.0. The van der Waals surface area contributed by atoms with Crippen LogP contribution in [-0.2, 0) is 0 Å². The minimum absolute atomic E-state index is 0.888. The maximum Gasteiger partial charge on any atom is 0.0504 e. The van der Waals surface area contributed by atoms with E-state index >= 15 is 0 Å². The standard InChI is InChI=1S/C19H42Si/c1-17(2)11-8-14-20(7,15-9-12-18(3)4)16-10-13-19(5)6/h17-19H,8-16H2,1-7H3. The van der Waals surface area contributed by atoms with E-state index in [0.29, 0.717) is 0 Å². The molecule has 0 spiro atoms. The van der Waals surface area contributed by atoms with Crippen LogP contribution < -0.4 is 0 Å². The molecular formula is C19H42Si. The van der Waals surface area contributed by atoms with Gasteiger partial charge in [-0.3, -0.25) is 0 Å². The molecule has 0 heterocycles. The first-order chi connectivity index (χ1) is 9.25. The lowest BCUT2D eigenvalue weighted by Gasteiger charge is -2.29. The van der Waals surface area contributed by atoms with Gasteiger partial charge in [-0.1, -0.05) is 105 Å². The molecule has 0 unspecified atom stereocenters. The van der Waals surface area contributed by atoms with Crippen molar-refractivity contribution >= 4 is 8.07 Å². The van der Waals surface area contributed by atoms with Crippen molar-refractivity contribution in [1.82, 2.24) is 0 Å². The summed E-state index contributed by atoms with van der Waals surface area (Å²) < 4.78 is 0. The molecule has 122 valence electrons. The Morgan fingerprint density at radius 1 is 0.550 bits per heavy atom. The fourth-order valence-electron chi connectivity index (χ4n) is 3.19. The SMILES string of the molecule is CC(C)CCC[Si](C)(CCCC(C)C)CCCC(C)C. The fourth-order valence-corrected chi connectivity index (χ4v) is 7.11. The quantitative estimate of drug-likeness (QED) is 0.330. The van der Waals surface area contributed by atoms with Crippen molar-refractivity contribution in [2.75, 3.05) is 0 Å². The van der Waals surface area contributed by atoms with Crippen LogP contribution in [-0.4, -0.2) is 8.07 Å². The number of hydrogen-bond acceptors (Lipinski definition) is 0. The second-order valence-corrected chi connectivity index (χ2v) is 13.8. The maximum absolute atomic E-state index is 2.70. The average Bonchev–Trinajstić information content (AvgIpc) is 2.27. The van der Waals surface area contributed by atoms with Crippen LogP contribution in [0, 0.1) is 17.8 Å². The molecule has 0 radical (unpaired) electrons. The zero-order chi connectivity index (χ0) is 15.6. The highest BCUT2D eigenvalue weighted by Gasteiger charge is 2.25. The Morgan fingerprint density at radius 3 is 1.00 bits per heavy atom. The van der Waals surface area contributed by atoms with Crippen molar-refractivity contribution in [2.24, 2.45) is 17.8 Å². The minimum Gasteiger partial charge on any atom is -0.0691 e. The normalized spacial score (nSPS) is 12.9. The average molecular weight is 299 g/mol.